The maximum atomic E-state index is 13.1. The van der Waals surface area contributed by atoms with Crippen LogP contribution in [0.2, 0.25) is 0 Å². The summed E-state index contributed by atoms with van der Waals surface area (Å²) in [4.78, 5) is 20.4. The molecule has 1 aliphatic rings. The second kappa shape index (κ2) is 7.68. The van der Waals surface area contributed by atoms with Gasteiger partial charge in [0.25, 0.3) is 5.91 Å². The van der Waals surface area contributed by atoms with Crippen LogP contribution in [0.1, 0.15) is 32.6 Å². The van der Waals surface area contributed by atoms with E-state index in [1.807, 2.05) is 52.7 Å². The van der Waals surface area contributed by atoms with Gasteiger partial charge in [-0.25, -0.2) is 4.98 Å². The Kier molecular flexibility index (Phi) is 5.13. The highest BCUT2D eigenvalue weighted by Gasteiger charge is 2.25. The molecule has 4 rings (SSSR count). The highest BCUT2D eigenvalue weighted by atomic mass is 32.2. The number of carbonyl (C=O) groups is 1. The largest absolute Gasteiger partial charge is 0.337 e. The van der Waals surface area contributed by atoms with E-state index >= 15 is 0 Å². The molecule has 1 unspecified atom stereocenters. The minimum absolute atomic E-state index is 0.118. The van der Waals surface area contributed by atoms with Crippen molar-refractivity contribution >= 4 is 29.0 Å². The molecule has 0 N–H and O–H groups in total. The Morgan fingerprint density at radius 2 is 1.88 bits per heavy atom. The summed E-state index contributed by atoms with van der Waals surface area (Å²) < 4.78 is 1.96. The van der Waals surface area contributed by atoms with Gasteiger partial charge in [-0.15, -0.1) is 0 Å². The molecule has 0 spiro atoms. The number of carbonyl (C=O) groups excluding carboxylic acids is 1. The maximum absolute atomic E-state index is 13.1. The van der Waals surface area contributed by atoms with Gasteiger partial charge in [0.1, 0.15) is 4.88 Å². The van der Waals surface area contributed by atoms with Gasteiger partial charge in [0.05, 0.1) is 5.69 Å². The Hall–Kier alpha value is -2.05. The fourth-order valence-electron chi connectivity index (χ4n) is 3.20. The first kappa shape index (κ1) is 17.4. The van der Waals surface area contributed by atoms with Crippen LogP contribution in [0, 0.1) is 6.92 Å². The second-order valence-corrected chi connectivity index (χ2v) is 8.64. The van der Waals surface area contributed by atoms with E-state index < -0.39 is 0 Å². The predicted molar refractivity (Wildman–Crippen MR) is 108 cm³/mol. The lowest BCUT2D eigenvalue weighted by molar-refractivity contribution is 0.0770. The molecule has 6 heteroatoms. The van der Waals surface area contributed by atoms with Crippen molar-refractivity contribution in [2.75, 3.05) is 18.8 Å². The fourth-order valence-corrected chi connectivity index (χ4v) is 5.44. The summed E-state index contributed by atoms with van der Waals surface area (Å²) in [5, 5.41) is 1.31. The summed E-state index contributed by atoms with van der Waals surface area (Å²) in [7, 11) is 0. The van der Waals surface area contributed by atoms with Gasteiger partial charge in [0.15, 0.2) is 5.13 Å². The highest BCUT2D eigenvalue weighted by Crippen LogP contribution is 2.35. The van der Waals surface area contributed by atoms with Crippen LogP contribution in [0.3, 0.4) is 0 Å². The highest BCUT2D eigenvalue weighted by molar-refractivity contribution is 7.99. The zero-order chi connectivity index (χ0) is 17.9. The standard InChI is InChI=1S/C20H21N3OS2/c1-15-18(26-20(21-15)23-10-5-6-11-23)19(24)22-12-9-17(25-14-13-22)16-7-3-2-4-8-16/h2-8,10-11,17H,9,12-14H2,1H3. The molecule has 1 aromatic carbocycles. The molecule has 2 aromatic heterocycles. The van der Waals surface area contributed by atoms with Crippen LogP contribution in [0.4, 0.5) is 0 Å². The number of rotatable bonds is 3. The van der Waals surface area contributed by atoms with Crippen LogP contribution in [0.5, 0.6) is 0 Å². The molecule has 3 heterocycles. The number of nitrogens with zero attached hydrogens (tertiary/aromatic N) is 3. The second-order valence-electron chi connectivity index (χ2n) is 6.35. The molecule has 1 atom stereocenters. The first-order chi connectivity index (χ1) is 12.7. The summed E-state index contributed by atoms with van der Waals surface area (Å²) in [5.74, 6) is 1.08. The number of benzene rings is 1. The summed E-state index contributed by atoms with van der Waals surface area (Å²) >= 11 is 3.43. The molecular weight excluding hydrogens is 362 g/mol. The molecule has 0 saturated carbocycles. The van der Waals surface area contributed by atoms with Crippen molar-refractivity contribution in [2.24, 2.45) is 0 Å². The topological polar surface area (TPSA) is 38.1 Å². The van der Waals surface area contributed by atoms with Crippen LogP contribution in [0.15, 0.2) is 54.9 Å². The Morgan fingerprint density at radius 1 is 1.12 bits per heavy atom. The molecule has 0 radical (unpaired) electrons. The van der Waals surface area contributed by atoms with Gasteiger partial charge < -0.3 is 9.47 Å². The van der Waals surface area contributed by atoms with Crippen molar-refractivity contribution in [1.29, 1.82) is 0 Å². The van der Waals surface area contributed by atoms with Gasteiger partial charge in [-0.2, -0.15) is 11.8 Å². The molecule has 3 aromatic rings. The first-order valence-electron chi connectivity index (χ1n) is 8.79. The Bertz CT molecular complexity index is 874. The van der Waals surface area contributed by atoms with E-state index in [0.717, 1.165) is 41.0 Å². The van der Waals surface area contributed by atoms with Crippen LogP contribution < -0.4 is 0 Å². The molecule has 26 heavy (non-hydrogen) atoms. The monoisotopic (exact) mass is 383 g/mol. The zero-order valence-electron chi connectivity index (χ0n) is 14.7. The normalized spacial score (nSPS) is 17.9. The summed E-state index contributed by atoms with van der Waals surface area (Å²) in [6.07, 6.45) is 4.90. The van der Waals surface area contributed by atoms with Gasteiger partial charge in [0.2, 0.25) is 0 Å². The summed E-state index contributed by atoms with van der Waals surface area (Å²) in [6.45, 7) is 3.51. The van der Waals surface area contributed by atoms with Crippen LogP contribution >= 0.6 is 23.1 Å². The third-order valence-electron chi connectivity index (χ3n) is 4.60. The number of aryl methyl sites for hydroxylation is 1. The summed E-state index contributed by atoms with van der Waals surface area (Å²) in [6, 6.07) is 14.5. The summed E-state index contributed by atoms with van der Waals surface area (Å²) in [5.41, 5.74) is 2.18. The van der Waals surface area contributed by atoms with Gasteiger partial charge in [0, 0.05) is 36.5 Å². The first-order valence-corrected chi connectivity index (χ1v) is 10.7. The lowest BCUT2D eigenvalue weighted by Gasteiger charge is -2.19. The molecule has 1 saturated heterocycles. The third kappa shape index (κ3) is 3.57. The van der Waals surface area contributed by atoms with Crippen molar-refractivity contribution in [1.82, 2.24) is 14.5 Å². The van der Waals surface area contributed by atoms with Gasteiger partial charge in [-0.05, 0) is 31.0 Å². The zero-order valence-corrected chi connectivity index (χ0v) is 16.3. The molecule has 0 bridgehead atoms. The van der Waals surface area contributed by atoms with Gasteiger partial charge in [-0.1, -0.05) is 41.7 Å². The molecule has 4 nitrogen and oxygen atoms in total. The Morgan fingerprint density at radius 3 is 2.65 bits per heavy atom. The maximum Gasteiger partial charge on any atom is 0.265 e. The van der Waals surface area contributed by atoms with E-state index in [4.69, 9.17) is 0 Å². The lowest BCUT2D eigenvalue weighted by atomic mass is 10.1. The van der Waals surface area contributed by atoms with E-state index in [0.29, 0.717) is 5.25 Å². The number of aromatic nitrogens is 2. The van der Waals surface area contributed by atoms with E-state index in [1.165, 1.54) is 16.9 Å². The minimum atomic E-state index is 0.118. The molecular formula is C20H21N3OS2. The van der Waals surface area contributed by atoms with Gasteiger partial charge >= 0.3 is 0 Å². The number of amides is 1. The van der Waals surface area contributed by atoms with Crippen LogP contribution in [-0.4, -0.2) is 39.2 Å². The smallest absolute Gasteiger partial charge is 0.265 e. The van der Waals surface area contributed by atoms with Crippen molar-refractivity contribution in [2.45, 2.75) is 18.6 Å². The molecule has 0 aliphatic carbocycles. The van der Waals surface area contributed by atoms with Crippen molar-refractivity contribution < 1.29 is 4.79 Å². The number of hydrogen-bond donors (Lipinski definition) is 0. The quantitative estimate of drug-likeness (QED) is 0.665. The minimum Gasteiger partial charge on any atom is -0.337 e. The molecule has 1 fully saturated rings. The lowest BCUT2D eigenvalue weighted by Crippen LogP contribution is -2.32. The van der Waals surface area contributed by atoms with Crippen LogP contribution in [-0.2, 0) is 0 Å². The van der Waals surface area contributed by atoms with Crippen LogP contribution in [0.25, 0.3) is 5.13 Å². The van der Waals surface area contributed by atoms with E-state index in [2.05, 4.69) is 35.3 Å². The Labute approximate surface area is 161 Å². The molecule has 1 amide bonds. The van der Waals surface area contributed by atoms with Crippen molar-refractivity contribution in [3.63, 3.8) is 0 Å². The van der Waals surface area contributed by atoms with Crippen molar-refractivity contribution in [3.05, 3.63) is 71.0 Å². The van der Waals surface area contributed by atoms with Crippen molar-refractivity contribution in [3.8, 4) is 5.13 Å². The third-order valence-corrected chi connectivity index (χ3v) is 7.09. The van der Waals surface area contributed by atoms with E-state index in [9.17, 15) is 4.79 Å². The fraction of sp³-hybridized carbons (Fsp3) is 0.300. The predicted octanol–water partition coefficient (Wildman–Crippen LogP) is 4.56. The van der Waals surface area contributed by atoms with Gasteiger partial charge in [-0.3, -0.25) is 4.79 Å². The average molecular weight is 384 g/mol. The Balaban J connectivity index is 1.49. The molecule has 1 aliphatic heterocycles. The van der Waals surface area contributed by atoms with E-state index in [1.54, 1.807) is 0 Å². The number of thioether (sulfide) groups is 1. The number of hydrogen-bond acceptors (Lipinski definition) is 4. The SMILES string of the molecule is Cc1nc(-n2cccc2)sc1C(=O)N1CCSC(c2ccccc2)CC1. The average Bonchev–Trinajstić information content (AvgIpc) is 3.26. The molecule has 134 valence electrons. The number of thiazole rings is 1. The van der Waals surface area contributed by atoms with E-state index in [-0.39, 0.29) is 5.91 Å².